The molecular weight excluding hydrogens is 332 g/mol. The number of pyridine rings is 2. The van der Waals surface area contributed by atoms with Crippen LogP contribution in [0.3, 0.4) is 0 Å². The first-order valence-electron chi connectivity index (χ1n) is 6.34. The van der Waals surface area contributed by atoms with E-state index < -0.39 is 0 Å². The molecule has 0 spiro atoms. The Kier molecular flexibility index (Phi) is 3.66. The normalized spacial score (nSPS) is 10.6. The lowest BCUT2D eigenvalue weighted by Gasteiger charge is -2.07. The molecule has 0 aliphatic heterocycles. The number of hydrogen-bond acceptors (Lipinski definition) is 5. The molecule has 0 atom stereocenters. The summed E-state index contributed by atoms with van der Waals surface area (Å²) in [6, 6.07) is 7.73. The van der Waals surface area contributed by atoms with E-state index >= 15 is 0 Å². The van der Waals surface area contributed by atoms with Gasteiger partial charge < -0.3 is 5.32 Å². The highest BCUT2D eigenvalue weighted by Gasteiger charge is 2.05. The van der Waals surface area contributed by atoms with Gasteiger partial charge in [-0.3, -0.25) is 4.68 Å². The second kappa shape index (κ2) is 5.61. The van der Waals surface area contributed by atoms with Gasteiger partial charge >= 0.3 is 0 Å². The maximum atomic E-state index is 4.37. The van der Waals surface area contributed by atoms with Crippen molar-refractivity contribution >= 4 is 27.6 Å². The predicted octanol–water partition coefficient (Wildman–Crippen LogP) is 3.09. The second-order valence-corrected chi connectivity index (χ2v) is 5.50. The van der Waals surface area contributed by atoms with Crippen molar-refractivity contribution < 1.29 is 0 Å². The van der Waals surface area contributed by atoms with Crippen LogP contribution in [-0.4, -0.2) is 25.0 Å². The summed E-state index contributed by atoms with van der Waals surface area (Å²) in [6.45, 7) is 2.01. The van der Waals surface area contributed by atoms with Crippen LogP contribution in [0.4, 0.5) is 11.6 Å². The third-order valence-electron chi connectivity index (χ3n) is 2.85. The summed E-state index contributed by atoms with van der Waals surface area (Å²) in [5.41, 5.74) is 2.87. The van der Waals surface area contributed by atoms with E-state index in [4.69, 9.17) is 0 Å². The molecule has 0 unspecified atom stereocenters. The number of anilines is 2. The minimum atomic E-state index is 0.711. The average molecular weight is 345 g/mol. The number of nitrogens with zero attached hydrogens (tertiary/aromatic N) is 5. The van der Waals surface area contributed by atoms with Crippen LogP contribution in [0.1, 0.15) is 5.56 Å². The smallest absolute Gasteiger partial charge is 0.133 e. The molecule has 0 fully saturated rings. The van der Waals surface area contributed by atoms with Crippen molar-refractivity contribution in [2.75, 3.05) is 5.32 Å². The Morgan fingerprint density at radius 2 is 2.05 bits per heavy atom. The molecule has 3 aromatic rings. The zero-order valence-corrected chi connectivity index (χ0v) is 13.2. The molecule has 0 radical (unpaired) electrons. The highest BCUT2D eigenvalue weighted by molar-refractivity contribution is 9.10. The van der Waals surface area contributed by atoms with Crippen molar-refractivity contribution in [3.05, 3.63) is 46.8 Å². The fraction of sp³-hybridized carbons (Fsp3) is 0.143. The number of halogens is 1. The monoisotopic (exact) mass is 344 g/mol. The van der Waals surface area contributed by atoms with Crippen LogP contribution in [0.5, 0.6) is 0 Å². The molecule has 0 aliphatic rings. The second-order valence-electron chi connectivity index (χ2n) is 4.68. The summed E-state index contributed by atoms with van der Waals surface area (Å²) in [6.07, 6.45) is 3.60. The molecule has 3 aromatic heterocycles. The summed E-state index contributed by atoms with van der Waals surface area (Å²) in [7, 11) is 1.84. The first-order chi connectivity index (χ1) is 10.1. The van der Waals surface area contributed by atoms with E-state index in [9.17, 15) is 0 Å². The number of hydrogen-bond donors (Lipinski definition) is 1. The molecule has 1 N–H and O–H groups in total. The minimum Gasteiger partial charge on any atom is -0.325 e. The highest BCUT2D eigenvalue weighted by Crippen LogP contribution is 2.22. The molecule has 106 valence electrons. The summed E-state index contributed by atoms with van der Waals surface area (Å²) < 4.78 is 2.46. The Labute approximate surface area is 130 Å². The molecule has 6 nitrogen and oxygen atoms in total. The van der Waals surface area contributed by atoms with Crippen LogP contribution in [-0.2, 0) is 7.05 Å². The van der Waals surface area contributed by atoms with Gasteiger partial charge in [0.25, 0.3) is 0 Å². The average Bonchev–Trinajstić information content (AvgIpc) is 2.84. The molecular formula is C14H13BrN6. The first-order valence-corrected chi connectivity index (χ1v) is 7.13. The Morgan fingerprint density at radius 1 is 1.19 bits per heavy atom. The fourth-order valence-electron chi connectivity index (χ4n) is 1.96. The maximum Gasteiger partial charge on any atom is 0.133 e. The van der Waals surface area contributed by atoms with E-state index in [-0.39, 0.29) is 0 Å². The standard InChI is InChI=1S/C14H13BrN6/c1-9-5-12(15)17-14(6-9)18-13-7-10(3-4-16-13)11-8-21(2)20-19-11/h3-8H,1-2H3,(H,16,17,18). The molecule has 3 rings (SSSR count). The van der Waals surface area contributed by atoms with Gasteiger partial charge in [0.05, 0.1) is 6.20 Å². The number of rotatable bonds is 3. The molecule has 3 heterocycles. The van der Waals surface area contributed by atoms with Gasteiger partial charge in [-0.2, -0.15) is 0 Å². The van der Waals surface area contributed by atoms with Crippen LogP contribution in [0.2, 0.25) is 0 Å². The minimum absolute atomic E-state index is 0.711. The molecule has 0 saturated carbocycles. The lowest BCUT2D eigenvalue weighted by molar-refractivity contribution is 0.715. The van der Waals surface area contributed by atoms with E-state index in [1.165, 1.54) is 0 Å². The molecule has 21 heavy (non-hydrogen) atoms. The van der Waals surface area contributed by atoms with Gasteiger partial charge in [0.1, 0.15) is 21.9 Å². The van der Waals surface area contributed by atoms with Crippen molar-refractivity contribution in [3.8, 4) is 11.3 Å². The summed E-state index contributed by atoms with van der Waals surface area (Å²) >= 11 is 3.39. The van der Waals surface area contributed by atoms with Crippen LogP contribution in [0.25, 0.3) is 11.3 Å². The summed E-state index contributed by atoms with van der Waals surface area (Å²) in [5.74, 6) is 1.45. The third-order valence-corrected chi connectivity index (χ3v) is 3.26. The van der Waals surface area contributed by atoms with E-state index in [0.29, 0.717) is 5.82 Å². The van der Waals surface area contributed by atoms with Gasteiger partial charge in [-0.05, 0) is 52.7 Å². The van der Waals surface area contributed by atoms with E-state index in [2.05, 4.69) is 41.5 Å². The van der Waals surface area contributed by atoms with Crippen LogP contribution in [0, 0.1) is 6.92 Å². The molecule has 0 bridgehead atoms. The molecule has 0 amide bonds. The van der Waals surface area contributed by atoms with E-state index in [0.717, 1.165) is 27.2 Å². The maximum absolute atomic E-state index is 4.37. The third kappa shape index (κ3) is 3.25. The molecule has 0 aliphatic carbocycles. The molecule has 0 saturated heterocycles. The van der Waals surface area contributed by atoms with Crippen molar-refractivity contribution in [2.45, 2.75) is 6.92 Å². The van der Waals surface area contributed by atoms with Gasteiger partial charge in [0.2, 0.25) is 0 Å². The van der Waals surface area contributed by atoms with Crippen molar-refractivity contribution in [1.29, 1.82) is 0 Å². The van der Waals surface area contributed by atoms with Crippen LogP contribution < -0.4 is 5.32 Å². The summed E-state index contributed by atoms with van der Waals surface area (Å²) in [5, 5.41) is 11.2. The number of aromatic nitrogens is 5. The number of aryl methyl sites for hydroxylation is 2. The van der Waals surface area contributed by atoms with Crippen molar-refractivity contribution in [3.63, 3.8) is 0 Å². The van der Waals surface area contributed by atoms with Gasteiger partial charge in [-0.15, -0.1) is 5.10 Å². The van der Waals surface area contributed by atoms with Crippen LogP contribution >= 0.6 is 15.9 Å². The van der Waals surface area contributed by atoms with E-state index in [1.54, 1.807) is 10.9 Å². The summed E-state index contributed by atoms with van der Waals surface area (Å²) in [4.78, 5) is 8.67. The Bertz CT molecular complexity index is 762. The SMILES string of the molecule is Cc1cc(Br)nc(Nc2cc(-c3cn(C)nn3)ccn2)c1. The Hall–Kier alpha value is -2.28. The molecule has 0 aromatic carbocycles. The van der Waals surface area contributed by atoms with Gasteiger partial charge in [0.15, 0.2) is 0 Å². The topological polar surface area (TPSA) is 68.5 Å². The first kappa shape index (κ1) is 13.7. The number of nitrogens with one attached hydrogen (secondary N) is 1. The van der Waals surface area contributed by atoms with Gasteiger partial charge in [-0.25, -0.2) is 9.97 Å². The van der Waals surface area contributed by atoms with E-state index in [1.807, 2.05) is 44.4 Å². The lowest BCUT2D eigenvalue weighted by atomic mass is 10.2. The zero-order chi connectivity index (χ0) is 14.8. The van der Waals surface area contributed by atoms with Crippen molar-refractivity contribution in [2.24, 2.45) is 7.05 Å². The van der Waals surface area contributed by atoms with Crippen LogP contribution in [0.15, 0.2) is 41.3 Å². The largest absolute Gasteiger partial charge is 0.325 e. The fourth-order valence-corrected chi connectivity index (χ4v) is 2.51. The van der Waals surface area contributed by atoms with Crippen molar-refractivity contribution in [1.82, 2.24) is 25.0 Å². The Morgan fingerprint density at radius 3 is 2.76 bits per heavy atom. The lowest BCUT2D eigenvalue weighted by Crippen LogP contribution is -1.97. The predicted molar refractivity (Wildman–Crippen MR) is 84.2 cm³/mol. The molecule has 7 heteroatoms. The quantitative estimate of drug-likeness (QED) is 0.739. The zero-order valence-electron chi connectivity index (χ0n) is 11.6. The Balaban J connectivity index is 1.89. The van der Waals surface area contributed by atoms with Gasteiger partial charge in [-0.1, -0.05) is 5.21 Å². The van der Waals surface area contributed by atoms with Gasteiger partial charge in [0, 0.05) is 18.8 Å². The highest BCUT2D eigenvalue weighted by atomic mass is 79.9.